The summed E-state index contributed by atoms with van der Waals surface area (Å²) < 4.78 is 31.2. The number of halogens is 2. The van der Waals surface area contributed by atoms with Crippen LogP contribution in [0.3, 0.4) is 0 Å². The average molecular weight is 410 g/mol. The van der Waals surface area contributed by atoms with Crippen LogP contribution in [0.4, 0.5) is 8.78 Å². The van der Waals surface area contributed by atoms with Crippen molar-refractivity contribution in [2.75, 3.05) is 0 Å². The number of imidazole rings is 1. The largest absolute Gasteiger partial charge is 0.337 e. The van der Waals surface area contributed by atoms with Crippen molar-refractivity contribution in [3.63, 3.8) is 0 Å². The number of benzene rings is 2. The Morgan fingerprint density at radius 1 is 1.03 bits per heavy atom. The van der Waals surface area contributed by atoms with Gasteiger partial charge in [-0.25, -0.2) is 23.1 Å². The number of hydrogen-bond acceptors (Lipinski definition) is 3. The van der Waals surface area contributed by atoms with Gasteiger partial charge in [-0.15, -0.1) is 0 Å². The molecular weight excluding hydrogens is 390 g/mol. The molecule has 4 rings (SSSR count). The summed E-state index contributed by atoms with van der Waals surface area (Å²) in [6, 6.07) is 10.5. The standard InChI is InChI=1S/C22H20F2N4O2/c1-13(2)27-21(29)19-20(25-12-26(19)11-15-6-4-5-14(3)9-15)28(22(27)30)16-7-8-17(23)18(24)10-16/h4-10,12-13H,11H2,1-3H3. The van der Waals surface area contributed by atoms with Crippen molar-refractivity contribution in [2.24, 2.45) is 0 Å². The Morgan fingerprint density at radius 3 is 2.47 bits per heavy atom. The van der Waals surface area contributed by atoms with Crippen LogP contribution in [0.25, 0.3) is 16.9 Å². The Bertz CT molecular complexity index is 1380. The quantitative estimate of drug-likeness (QED) is 0.517. The van der Waals surface area contributed by atoms with E-state index in [2.05, 4.69) is 4.98 Å². The molecule has 2 aromatic heterocycles. The van der Waals surface area contributed by atoms with Gasteiger partial charge in [-0.2, -0.15) is 0 Å². The smallest absolute Gasteiger partial charge is 0.320 e. The highest BCUT2D eigenvalue weighted by molar-refractivity contribution is 5.72. The zero-order valence-corrected chi connectivity index (χ0v) is 16.8. The summed E-state index contributed by atoms with van der Waals surface area (Å²) in [7, 11) is 0. The van der Waals surface area contributed by atoms with E-state index in [-0.39, 0.29) is 16.9 Å². The molecule has 0 unspecified atom stereocenters. The lowest BCUT2D eigenvalue weighted by molar-refractivity contribution is 0.506. The van der Waals surface area contributed by atoms with Crippen molar-refractivity contribution in [3.05, 3.63) is 92.4 Å². The molecule has 0 atom stereocenters. The summed E-state index contributed by atoms with van der Waals surface area (Å²) in [6.07, 6.45) is 1.48. The van der Waals surface area contributed by atoms with Crippen molar-refractivity contribution < 1.29 is 8.78 Å². The molecule has 0 radical (unpaired) electrons. The van der Waals surface area contributed by atoms with Crippen LogP contribution in [0, 0.1) is 18.6 Å². The van der Waals surface area contributed by atoms with Crippen molar-refractivity contribution in [1.29, 1.82) is 0 Å². The molecule has 0 bridgehead atoms. The number of rotatable bonds is 4. The average Bonchev–Trinajstić information content (AvgIpc) is 3.08. The van der Waals surface area contributed by atoms with E-state index in [0.717, 1.165) is 32.4 Å². The van der Waals surface area contributed by atoms with E-state index in [1.54, 1.807) is 18.4 Å². The minimum absolute atomic E-state index is 0.0964. The van der Waals surface area contributed by atoms with Gasteiger partial charge in [-0.05, 0) is 38.5 Å². The van der Waals surface area contributed by atoms with Gasteiger partial charge in [0.2, 0.25) is 0 Å². The highest BCUT2D eigenvalue weighted by Crippen LogP contribution is 2.18. The molecule has 4 aromatic rings. The molecule has 0 aliphatic heterocycles. The molecule has 0 aliphatic rings. The molecular formula is C22H20F2N4O2. The van der Waals surface area contributed by atoms with E-state index in [9.17, 15) is 18.4 Å². The molecule has 0 amide bonds. The monoisotopic (exact) mass is 410 g/mol. The molecule has 0 N–H and O–H groups in total. The first-order chi connectivity index (χ1) is 14.3. The number of fused-ring (bicyclic) bond motifs is 1. The fourth-order valence-corrected chi connectivity index (χ4v) is 3.59. The lowest BCUT2D eigenvalue weighted by Crippen LogP contribution is -2.41. The lowest BCUT2D eigenvalue weighted by atomic mass is 10.1. The van der Waals surface area contributed by atoms with Crippen molar-refractivity contribution in [3.8, 4) is 5.69 Å². The Labute approximate surface area is 170 Å². The van der Waals surface area contributed by atoms with Crippen LogP contribution in [-0.2, 0) is 6.54 Å². The molecule has 2 heterocycles. The van der Waals surface area contributed by atoms with Gasteiger partial charge in [0.15, 0.2) is 22.8 Å². The van der Waals surface area contributed by atoms with Crippen molar-refractivity contribution in [2.45, 2.75) is 33.4 Å². The van der Waals surface area contributed by atoms with Gasteiger partial charge in [0, 0.05) is 18.7 Å². The number of nitrogens with zero attached hydrogens (tertiary/aromatic N) is 4. The van der Waals surface area contributed by atoms with Crippen molar-refractivity contribution >= 4 is 11.2 Å². The number of hydrogen-bond donors (Lipinski definition) is 0. The van der Waals surface area contributed by atoms with Crippen LogP contribution < -0.4 is 11.2 Å². The van der Waals surface area contributed by atoms with E-state index in [1.807, 2.05) is 31.2 Å². The Morgan fingerprint density at radius 2 is 1.80 bits per heavy atom. The summed E-state index contributed by atoms with van der Waals surface area (Å²) in [6.45, 7) is 5.78. The van der Waals surface area contributed by atoms with Gasteiger partial charge in [-0.1, -0.05) is 29.8 Å². The van der Waals surface area contributed by atoms with E-state index in [0.29, 0.717) is 6.54 Å². The zero-order chi connectivity index (χ0) is 21.6. The molecule has 0 fully saturated rings. The van der Waals surface area contributed by atoms with Gasteiger partial charge in [-0.3, -0.25) is 9.36 Å². The van der Waals surface area contributed by atoms with Crippen molar-refractivity contribution in [1.82, 2.24) is 18.7 Å². The number of aryl methyl sites for hydroxylation is 1. The Kier molecular flexibility index (Phi) is 4.85. The maximum absolute atomic E-state index is 13.9. The zero-order valence-electron chi connectivity index (χ0n) is 16.8. The second-order valence-corrected chi connectivity index (χ2v) is 7.52. The van der Waals surface area contributed by atoms with Crippen LogP contribution in [0.5, 0.6) is 0 Å². The lowest BCUT2D eigenvalue weighted by Gasteiger charge is -2.15. The minimum atomic E-state index is -1.09. The summed E-state index contributed by atoms with van der Waals surface area (Å²) in [5.41, 5.74) is 1.32. The molecule has 0 saturated carbocycles. The molecule has 154 valence electrons. The van der Waals surface area contributed by atoms with Crippen LogP contribution in [0.15, 0.2) is 58.4 Å². The molecule has 0 aliphatic carbocycles. The van der Waals surface area contributed by atoms with E-state index < -0.39 is 28.9 Å². The van der Waals surface area contributed by atoms with Crippen LogP contribution in [0.2, 0.25) is 0 Å². The van der Waals surface area contributed by atoms with Gasteiger partial charge in [0.1, 0.15) is 0 Å². The van der Waals surface area contributed by atoms with Crippen LogP contribution in [-0.4, -0.2) is 18.7 Å². The summed E-state index contributed by atoms with van der Waals surface area (Å²) in [4.78, 5) is 30.6. The van der Waals surface area contributed by atoms with E-state index in [4.69, 9.17) is 0 Å². The van der Waals surface area contributed by atoms with Gasteiger partial charge < -0.3 is 4.57 Å². The molecule has 0 saturated heterocycles. The Hall–Kier alpha value is -3.55. The second kappa shape index (κ2) is 7.37. The fraction of sp³-hybridized carbons (Fsp3) is 0.227. The molecule has 30 heavy (non-hydrogen) atoms. The minimum Gasteiger partial charge on any atom is -0.320 e. The summed E-state index contributed by atoms with van der Waals surface area (Å²) in [5.74, 6) is -2.11. The fourth-order valence-electron chi connectivity index (χ4n) is 3.59. The van der Waals surface area contributed by atoms with Crippen LogP contribution >= 0.6 is 0 Å². The Balaban J connectivity index is 2.03. The van der Waals surface area contributed by atoms with Crippen LogP contribution in [0.1, 0.15) is 31.0 Å². The third-order valence-electron chi connectivity index (χ3n) is 4.96. The summed E-state index contributed by atoms with van der Waals surface area (Å²) >= 11 is 0. The molecule has 2 aromatic carbocycles. The van der Waals surface area contributed by atoms with Gasteiger partial charge >= 0.3 is 5.69 Å². The SMILES string of the molecule is Cc1cccc(Cn2cnc3c2c(=O)n(C(C)C)c(=O)n3-c2ccc(F)c(F)c2)c1. The predicted octanol–water partition coefficient (Wildman–Crippen LogP) is 3.56. The first-order valence-electron chi connectivity index (χ1n) is 9.51. The van der Waals surface area contributed by atoms with E-state index in [1.165, 1.54) is 12.4 Å². The maximum atomic E-state index is 13.9. The molecule has 0 spiro atoms. The molecule has 8 heteroatoms. The highest BCUT2D eigenvalue weighted by Gasteiger charge is 2.21. The first-order valence-corrected chi connectivity index (χ1v) is 9.51. The van der Waals surface area contributed by atoms with E-state index >= 15 is 0 Å². The predicted molar refractivity (Wildman–Crippen MR) is 110 cm³/mol. The molecule has 6 nitrogen and oxygen atoms in total. The normalized spacial score (nSPS) is 11.5. The third-order valence-corrected chi connectivity index (χ3v) is 4.96. The summed E-state index contributed by atoms with van der Waals surface area (Å²) in [5, 5.41) is 0. The topological polar surface area (TPSA) is 61.8 Å². The van der Waals surface area contributed by atoms with Gasteiger partial charge in [0.25, 0.3) is 5.56 Å². The van der Waals surface area contributed by atoms with Gasteiger partial charge in [0.05, 0.1) is 12.0 Å². The second-order valence-electron chi connectivity index (χ2n) is 7.52. The highest BCUT2D eigenvalue weighted by atomic mass is 19.2. The number of aromatic nitrogens is 4. The maximum Gasteiger partial charge on any atom is 0.337 e. The third kappa shape index (κ3) is 3.24. The first kappa shape index (κ1) is 19.8.